The number of nitrogens with one attached hydrogen (secondary N) is 1. The normalized spacial score (nSPS) is 11.1. The van der Waals surface area contributed by atoms with E-state index in [-0.39, 0.29) is 35.4 Å². The fourth-order valence-electron chi connectivity index (χ4n) is 3.96. The van der Waals surface area contributed by atoms with Gasteiger partial charge in [0.05, 0.1) is 28.5 Å². The van der Waals surface area contributed by atoms with Crippen LogP contribution in [-0.2, 0) is 26.2 Å². The molecule has 0 aliphatic carbocycles. The number of thiazole rings is 1. The van der Waals surface area contributed by atoms with E-state index in [0.29, 0.717) is 32.7 Å². The Kier molecular flexibility index (Phi) is 8.52. The zero-order valence-corrected chi connectivity index (χ0v) is 23.6. The van der Waals surface area contributed by atoms with Crippen LogP contribution in [0.4, 0.5) is 5.69 Å². The molecule has 0 bridgehead atoms. The number of halogens is 1. The Labute approximate surface area is 240 Å². The van der Waals surface area contributed by atoms with Crippen molar-refractivity contribution in [2.45, 2.75) is 11.5 Å². The minimum Gasteiger partial charge on any atom is -0.486 e. The number of anilines is 1. The van der Waals surface area contributed by atoms with E-state index in [4.69, 9.17) is 20.6 Å². The number of carbonyl (C=O) groups excluding carboxylic acids is 1. The molecule has 3 aromatic carbocycles. The quantitative estimate of drug-likeness (QED) is 0.143. The fraction of sp³-hybridized carbons (Fsp3) is 0.111. The standard InChI is InChI=1S/C27H23N5O5S2.ClH/c1-36-25(33)15-32(39(34,35)23-6-2-4-17-5-3-13-30-26(17)23)19-9-12-22-21(14-19)31-24(38-22)16-37-20-10-7-18(8-11-20)27(28)29;/h2-14H,15-16H2,1H3,(H3,28,29);1H. The van der Waals surface area contributed by atoms with E-state index >= 15 is 0 Å². The summed E-state index contributed by atoms with van der Waals surface area (Å²) in [5, 5.41) is 8.82. The Balaban J connectivity index is 0.00000370. The first-order valence-corrected chi connectivity index (χ1v) is 13.9. The maximum Gasteiger partial charge on any atom is 0.326 e. The molecule has 2 heterocycles. The molecule has 0 atom stereocenters. The van der Waals surface area contributed by atoms with Crippen LogP contribution in [0.3, 0.4) is 0 Å². The number of fused-ring (bicyclic) bond motifs is 2. The molecule has 0 unspecified atom stereocenters. The number of nitrogens with two attached hydrogens (primary N) is 1. The van der Waals surface area contributed by atoms with Gasteiger partial charge in [0.25, 0.3) is 10.0 Å². The summed E-state index contributed by atoms with van der Waals surface area (Å²) in [6, 6.07) is 20.2. The van der Waals surface area contributed by atoms with E-state index in [0.717, 1.165) is 9.01 Å². The number of pyridine rings is 1. The average molecular weight is 598 g/mol. The van der Waals surface area contributed by atoms with Gasteiger partial charge in [-0.05, 0) is 54.6 Å². The largest absolute Gasteiger partial charge is 0.486 e. The number of aromatic nitrogens is 2. The van der Waals surface area contributed by atoms with E-state index in [2.05, 4.69) is 9.97 Å². The van der Waals surface area contributed by atoms with Crippen LogP contribution in [0.15, 0.2) is 83.9 Å². The van der Waals surface area contributed by atoms with Crippen molar-refractivity contribution in [2.75, 3.05) is 18.0 Å². The molecule has 0 aliphatic heterocycles. The number of hydrogen-bond acceptors (Lipinski definition) is 9. The number of hydrogen-bond donors (Lipinski definition) is 2. The number of methoxy groups -OCH3 is 1. The Morgan fingerprint density at radius 1 is 1.07 bits per heavy atom. The van der Waals surface area contributed by atoms with Crippen molar-refractivity contribution in [3.8, 4) is 5.75 Å². The summed E-state index contributed by atoms with van der Waals surface area (Å²) in [5.74, 6) is -0.141. The molecule has 0 radical (unpaired) electrons. The molecule has 0 aliphatic rings. The molecule has 5 aromatic rings. The molecule has 206 valence electrons. The number of esters is 1. The molecule has 0 amide bonds. The third kappa shape index (κ3) is 5.83. The lowest BCUT2D eigenvalue weighted by molar-refractivity contribution is -0.138. The number of nitrogen functional groups attached to an aromatic ring is 1. The van der Waals surface area contributed by atoms with Crippen LogP contribution in [-0.4, -0.2) is 43.8 Å². The summed E-state index contributed by atoms with van der Waals surface area (Å²) >= 11 is 1.41. The van der Waals surface area contributed by atoms with E-state index < -0.39 is 22.5 Å². The number of sulfonamides is 1. The molecule has 2 aromatic heterocycles. The highest BCUT2D eigenvalue weighted by Crippen LogP contribution is 2.32. The molecule has 3 N–H and O–H groups in total. The van der Waals surface area contributed by atoms with Gasteiger partial charge in [0.1, 0.15) is 34.6 Å². The third-order valence-electron chi connectivity index (χ3n) is 5.90. The van der Waals surface area contributed by atoms with Crippen molar-refractivity contribution in [1.82, 2.24) is 9.97 Å². The number of carbonyl (C=O) groups is 1. The Bertz CT molecular complexity index is 1800. The number of amidine groups is 1. The minimum atomic E-state index is -4.21. The van der Waals surface area contributed by atoms with Crippen LogP contribution in [0.5, 0.6) is 5.75 Å². The third-order valence-corrected chi connectivity index (χ3v) is 8.71. The van der Waals surface area contributed by atoms with Crippen molar-refractivity contribution in [1.29, 1.82) is 5.41 Å². The predicted molar refractivity (Wildman–Crippen MR) is 157 cm³/mol. The Morgan fingerprint density at radius 2 is 1.82 bits per heavy atom. The van der Waals surface area contributed by atoms with Crippen molar-refractivity contribution >= 4 is 72.4 Å². The van der Waals surface area contributed by atoms with E-state index in [1.807, 2.05) is 0 Å². The van der Waals surface area contributed by atoms with Crippen LogP contribution in [0, 0.1) is 5.41 Å². The molecule has 0 saturated heterocycles. The van der Waals surface area contributed by atoms with Crippen LogP contribution >= 0.6 is 23.7 Å². The van der Waals surface area contributed by atoms with Crippen LogP contribution in [0.1, 0.15) is 10.6 Å². The van der Waals surface area contributed by atoms with Crippen LogP contribution in [0.2, 0.25) is 0 Å². The van der Waals surface area contributed by atoms with Gasteiger partial charge in [0, 0.05) is 17.1 Å². The van der Waals surface area contributed by atoms with Gasteiger partial charge >= 0.3 is 5.97 Å². The zero-order chi connectivity index (χ0) is 27.6. The summed E-state index contributed by atoms with van der Waals surface area (Å²) in [5.41, 5.74) is 7.21. The van der Waals surface area contributed by atoms with Crippen LogP contribution < -0.4 is 14.8 Å². The molecular weight excluding hydrogens is 574 g/mol. The van der Waals surface area contributed by atoms with Gasteiger partial charge < -0.3 is 15.2 Å². The van der Waals surface area contributed by atoms with Gasteiger partial charge in [-0.1, -0.05) is 18.2 Å². The molecule has 0 saturated carbocycles. The van der Waals surface area contributed by atoms with Gasteiger partial charge in [-0.2, -0.15) is 0 Å². The van der Waals surface area contributed by atoms with Crippen molar-refractivity contribution in [3.63, 3.8) is 0 Å². The summed E-state index contributed by atoms with van der Waals surface area (Å²) in [6.07, 6.45) is 1.52. The van der Waals surface area contributed by atoms with E-state index in [1.54, 1.807) is 66.7 Å². The highest BCUT2D eigenvalue weighted by Gasteiger charge is 2.30. The van der Waals surface area contributed by atoms with Crippen molar-refractivity contribution in [3.05, 3.63) is 89.6 Å². The Hall–Kier alpha value is -4.26. The average Bonchev–Trinajstić information content (AvgIpc) is 3.36. The van der Waals surface area contributed by atoms with E-state index in [1.165, 1.54) is 30.7 Å². The van der Waals surface area contributed by atoms with Gasteiger partial charge in [0.15, 0.2) is 0 Å². The van der Waals surface area contributed by atoms with Gasteiger partial charge in [-0.3, -0.25) is 19.5 Å². The maximum absolute atomic E-state index is 13.9. The van der Waals surface area contributed by atoms with Crippen molar-refractivity contribution in [2.24, 2.45) is 5.73 Å². The van der Waals surface area contributed by atoms with Crippen molar-refractivity contribution < 1.29 is 22.7 Å². The highest BCUT2D eigenvalue weighted by molar-refractivity contribution is 7.93. The second kappa shape index (κ2) is 11.9. The molecule has 13 heteroatoms. The second-order valence-electron chi connectivity index (χ2n) is 8.41. The molecule has 0 fully saturated rings. The fourth-order valence-corrected chi connectivity index (χ4v) is 6.39. The SMILES string of the molecule is COC(=O)CN(c1ccc2sc(COc3ccc(C(=N)N)cc3)nc2c1)S(=O)(=O)c1cccc2cccnc12.Cl. The first-order chi connectivity index (χ1) is 18.8. The lowest BCUT2D eigenvalue weighted by atomic mass is 10.2. The summed E-state index contributed by atoms with van der Waals surface area (Å²) in [6.45, 7) is -0.329. The highest BCUT2D eigenvalue weighted by atomic mass is 35.5. The lowest BCUT2D eigenvalue weighted by Crippen LogP contribution is -2.36. The number of ether oxygens (including phenoxy) is 2. The number of rotatable bonds is 9. The summed E-state index contributed by atoms with van der Waals surface area (Å²) < 4.78 is 40.2. The second-order valence-corrected chi connectivity index (χ2v) is 11.4. The zero-order valence-electron chi connectivity index (χ0n) is 21.1. The predicted octanol–water partition coefficient (Wildman–Crippen LogP) is 4.50. The smallest absolute Gasteiger partial charge is 0.326 e. The lowest BCUT2D eigenvalue weighted by Gasteiger charge is -2.23. The van der Waals surface area contributed by atoms with Gasteiger partial charge in [-0.15, -0.1) is 23.7 Å². The maximum atomic E-state index is 13.9. The number of nitrogens with zero attached hydrogens (tertiary/aromatic N) is 3. The molecular formula is C27H24ClN5O5S2. The minimum absolute atomic E-state index is 0. The first-order valence-electron chi connectivity index (χ1n) is 11.7. The van der Waals surface area contributed by atoms with Crippen LogP contribution in [0.25, 0.3) is 21.1 Å². The first kappa shape index (κ1) is 28.7. The summed E-state index contributed by atoms with van der Waals surface area (Å²) in [7, 11) is -3.00. The Morgan fingerprint density at radius 3 is 2.55 bits per heavy atom. The van der Waals surface area contributed by atoms with Gasteiger partial charge in [-0.25, -0.2) is 13.4 Å². The topological polar surface area (TPSA) is 149 Å². The molecule has 40 heavy (non-hydrogen) atoms. The molecule has 0 spiro atoms. The number of benzene rings is 3. The van der Waals surface area contributed by atoms with E-state index in [9.17, 15) is 13.2 Å². The summed E-state index contributed by atoms with van der Waals surface area (Å²) in [4.78, 5) is 21.2. The van der Waals surface area contributed by atoms with Gasteiger partial charge in [0.2, 0.25) is 0 Å². The molecule has 10 nitrogen and oxygen atoms in total. The monoisotopic (exact) mass is 597 g/mol. The molecule has 5 rings (SSSR count). The number of para-hydroxylation sites is 1.